The Morgan fingerprint density at radius 2 is 0.655 bits per heavy atom. The third kappa shape index (κ3) is 43.6. The molecule has 1 unspecified atom stereocenters. The summed E-state index contributed by atoms with van der Waals surface area (Å²) in [7, 11) is 0. The lowest BCUT2D eigenvalue weighted by Crippen LogP contribution is -2.23. The number of rotatable bonds is 46. The second-order valence-electron chi connectivity index (χ2n) is 17.1. The first kappa shape index (κ1) is 53.7. The summed E-state index contributed by atoms with van der Waals surface area (Å²) in [6.07, 6.45) is 56.0. The quantitative estimate of drug-likeness (QED) is 0.0351. The molecule has 0 fully saturated rings. The Morgan fingerprint density at radius 3 is 1.02 bits per heavy atom. The van der Waals surface area contributed by atoms with Gasteiger partial charge in [-0.2, -0.15) is 0 Å². The van der Waals surface area contributed by atoms with Crippen molar-refractivity contribution >= 4 is 11.9 Å². The molecule has 0 aliphatic carbocycles. The summed E-state index contributed by atoms with van der Waals surface area (Å²) in [5, 5.41) is 0. The number of hydrogen-bond donors (Lipinski definition) is 0. The lowest BCUT2D eigenvalue weighted by atomic mass is 9.97. The number of allylic oxidation sites excluding steroid dienone is 2. The fraction of sp³-hybridized carbons (Fsp3) is 0.922. The molecule has 0 aliphatic rings. The Bertz CT molecular complexity index is 792. The molecule has 1 atom stereocenters. The average molecular weight is 775 g/mol. The smallest absolute Gasteiger partial charge is 0.309 e. The van der Waals surface area contributed by atoms with Crippen LogP contribution >= 0.6 is 0 Å². The minimum atomic E-state index is -0.382. The molecule has 0 saturated carbocycles. The first-order chi connectivity index (χ1) is 27.2. The second-order valence-corrected chi connectivity index (χ2v) is 17.1. The SMILES string of the molecule is CCCCCCCCCCCCCCC/C=C/CCCCC(CC(=O)OCCCCCCCCCCCCC)C(=O)OCCCCCCCCCCCCC. The van der Waals surface area contributed by atoms with E-state index in [1.807, 2.05) is 0 Å². The zero-order valence-corrected chi connectivity index (χ0v) is 37.8. The van der Waals surface area contributed by atoms with Crippen molar-refractivity contribution in [2.75, 3.05) is 13.2 Å². The first-order valence-electron chi connectivity index (χ1n) is 25.1. The number of unbranched alkanes of at least 4 members (excludes halogenated alkanes) is 35. The van der Waals surface area contributed by atoms with Crippen molar-refractivity contribution in [1.29, 1.82) is 0 Å². The van der Waals surface area contributed by atoms with Crippen molar-refractivity contribution in [3.8, 4) is 0 Å². The van der Waals surface area contributed by atoms with Gasteiger partial charge in [-0.3, -0.25) is 9.59 Å². The fourth-order valence-electron chi connectivity index (χ4n) is 7.74. The molecule has 0 N–H and O–H groups in total. The van der Waals surface area contributed by atoms with Crippen LogP contribution in [0.4, 0.5) is 0 Å². The van der Waals surface area contributed by atoms with E-state index in [9.17, 15) is 9.59 Å². The predicted octanol–water partition coefficient (Wildman–Crippen LogP) is 17.3. The third-order valence-corrected chi connectivity index (χ3v) is 11.6. The standard InChI is InChI=1S/C51H98O4/c1-4-7-10-13-16-19-22-23-24-25-26-27-28-29-30-33-36-39-42-45-49(51(53)55-47-44-41-38-35-32-21-18-15-12-9-6-3)48-50(52)54-46-43-40-37-34-31-20-17-14-11-8-5-2/h30,33,49H,4-29,31-32,34-48H2,1-3H3/b33-30+. The summed E-state index contributed by atoms with van der Waals surface area (Å²) >= 11 is 0. The highest BCUT2D eigenvalue weighted by Gasteiger charge is 2.24. The summed E-state index contributed by atoms with van der Waals surface area (Å²) in [6.45, 7) is 7.78. The molecule has 0 saturated heterocycles. The zero-order valence-electron chi connectivity index (χ0n) is 37.8. The molecular formula is C51H98O4. The van der Waals surface area contributed by atoms with E-state index in [1.165, 1.54) is 205 Å². The molecule has 0 amide bonds. The molecule has 0 aromatic heterocycles. The number of carbonyl (C=O) groups excluding carboxylic acids is 2. The van der Waals surface area contributed by atoms with Gasteiger partial charge >= 0.3 is 11.9 Å². The van der Waals surface area contributed by atoms with Crippen LogP contribution in [-0.4, -0.2) is 25.2 Å². The van der Waals surface area contributed by atoms with Crippen molar-refractivity contribution in [3.63, 3.8) is 0 Å². The number of carbonyl (C=O) groups is 2. The molecule has 0 aromatic carbocycles. The lowest BCUT2D eigenvalue weighted by Gasteiger charge is -2.16. The normalized spacial score (nSPS) is 12.1. The highest BCUT2D eigenvalue weighted by atomic mass is 16.5. The highest BCUT2D eigenvalue weighted by Crippen LogP contribution is 2.19. The van der Waals surface area contributed by atoms with Gasteiger partial charge in [-0.15, -0.1) is 0 Å². The van der Waals surface area contributed by atoms with E-state index in [1.54, 1.807) is 0 Å². The molecule has 0 spiro atoms. The van der Waals surface area contributed by atoms with Crippen LogP contribution < -0.4 is 0 Å². The molecule has 0 heterocycles. The monoisotopic (exact) mass is 775 g/mol. The molecule has 55 heavy (non-hydrogen) atoms. The van der Waals surface area contributed by atoms with Gasteiger partial charge in [0.15, 0.2) is 0 Å². The lowest BCUT2D eigenvalue weighted by molar-refractivity contribution is -0.155. The third-order valence-electron chi connectivity index (χ3n) is 11.6. The van der Waals surface area contributed by atoms with Gasteiger partial charge in [0.25, 0.3) is 0 Å². The largest absolute Gasteiger partial charge is 0.466 e. The molecule has 326 valence electrons. The Kier molecular flexibility index (Phi) is 45.9. The molecule has 0 aliphatic heterocycles. The minimum absolute atomic E-state index is 0.157. The van der Waals surface area contributed by atoms with Gasteiger partial charge in [-0.1, -0.05) is 245 Å². The molecule has 0 aromatic rings. The number of ether oxygens (including phenoxy) is 2. The topological polar surface area (TPSA) is 52.6 Å². The van der Waals surface area contributed by atoms with Crippen LogP contribution in [0, 0.1) is 5.92 Å². The summed E-state index contributed by atoms with van der Waals surface area (Å²) in [5.74, 6) is -0.814. The molecule has 0 rings (SSSR count). The average Bonchev–Trinajstić information content (AvgIpc) is 3.19. The molecule has 4 nitrogen and oxygen atoms in total. The van der Waals surface area contributed by atoms with Crippen LogP contribution in [0.15, 0.2) is 12.2 Å². The molecule has 0 radical (unpaired) electrons. The van der Waals surface area contributed by atoms with Crippen LogP contribution in [0.25, 0.3) is 0 Å². The van der Waals surface area contributed by atoms with Gasteiger partial charge in [0.05, 0.1) is 25.6 Å². The van der Waals surface area contributed by atoms with Crippen LogP contribution in [-0.2, 0) is 19.1 Å². The van der Waals surface area contributed by atoms with Gasteiger partial charge in [-0.05, 0) is 44.9 Å². The maximum absolute atomic E-state index is 13.1. The van der Waals surface area contributed by atoms with E-state index in [2.05, 4.69) is 32.9 Å². The van der Waals surface area contributed by atoms with Crippen LogP contribution in [0.3, 0.4) is 0 Å². The van der Waals surface area contributed by atoms with Crippen molar-refractivity contribution in [2.24, 2.45) is 5.92 Å². The van der Waals surface area contributed by atoms with Crippen LogP contribution in [0.2, 0.25) is 0 Å². The maximum Gasteiger partial charge on any atom is 0.309 e. The number of esters is 2. The summed E-state index contributed by atoms with van der Waals surface area (Å²) in [4.78, 5) is 25.9. The predicted molar refractivity (Wildman–Crippen MR) is 241 cm³/mol. The highest BCUT2D eigenvalue weighted by molar-refractivity contribution is 5.79. The zero-order chi connectivity index (χ0) is 40.0. The van der Waals surface area contributed by atoms with Crippen LogP contribution in [0.1, 0.15) is 284 Å². The van der Waals surface area contributed by atoms with E-state index >= 15 is 0 Å². The summed E-state index contributed by atoms with van der Waals surface area (Å²) in [5.41, 5.74) is 0. The minimum Gasteiger partial charge on any atom is -0.466 e. The first-order valence-corrected chi connectivity index (χ1v) is 25.1. The Morgan fingerprint density at radius 1 is 0.364 bits per heavy atom. The molecule has 0 bridgehead atoms. The Labute approximate surface area is 345 Å². The van der Waals surface area contributed by atoms with Gasteiger partial charge in [-0.25, -0.2) is 0 Å². The van der Waals surface area contributed by atoms with Gasteiger partial charge in [0, 0.05) is 0 Å². The summed E-state index contributed by atoms with van der Waals surface area (Å²) in [6, 6.07) is 0. The second kappa shape index (κ2) is 47.1. The van der Waals surface area contributed by atoms with E-state index < -0.39 is 0 Å². The van der Waals surface area contributed by atoms with E-state index in [0.717, 1.165) is 44.9 Å². The van der Waals surface area contributed by atoms with Gasteiger partial charge in [0.2, 0.25) is 0 Å². The van der Waals surface area contributed by atoms with Crippen molar-refractivity contribution < 1.29 is 19.1 Å². The van der Waals surface area contributed by atoms with Crippen molar-refractivity contribution in [3.05, 3.63) is 12.2 Å². The maximum atomic E-state index is 13.1. The van der Waals surface area contributed by atoms with Gasteiger partial charge in [0.1, 0.15) is 0 Å². The molecule has 4 heteroatoms. The number of hydrogen-bond acceptors (Lipinski definition) is 4. The van der Waals surface area contributed by atoms with E-state index in [-0.39, 0.29) is 24.3 Å². The Balaban J connectivity index is 4.22. The molecular weight excluding hydrogens is 677 g/mol. The van der Waals surface area contributed by atoms with Crippen molar-refractivity contribution in [1.82, 2.24) is 0 Å². The van der Waals surface area contributed by atoms with Crippen molar-refractivity contribution in [2.45, 2.75) is 284 Å². The van der Waals surface area contributed by atoms with E-state index in [0.29, 0.717) is 19.6 Å². The Hall–Kier alpha value is -1.32. The van der Waals surface area contributed by atoms with E-state index in [4.69, 9.17) is 9.47 Å². The van der Waals surface area contributed by atoms with Crippen LogP contribution in [0.5, 0.6) is 0 Å². The summed E-state index contributed by atoms with van der Waals surface area (Å²) < 4.78 is 11.3. The fourth-order valence-corrected chi connectivity index (χ4v) is 7.74. The van der Waals surface area contributed by atoms with Gasteiger partial charge < -0.3 is 9.47 Å².